The second-order valence-electron chi connectivity index (χ2n) is 9.66. The Kier molecular flexibility index (Phi) is 6.22. The number of rotatable bonds is 5. The van der Waals surface area contributed by atoms with Crippen molar-refractivity contribution < 1.29 is 9.18 Å². The Balaban J connectivity index is 1.37. The lowest BCUT2D eigenvalue weighted by molar-refractivity contribution is -0.118. The van der Waals surface area contributed by atoms with Crippen LogP contribution in [0.5, 0.6) is 0 Å². The molecule has 170 valence electrons. The number of carbonyl (C=O) groups is 1. The molecule has 1 saturated heterocycles. The summed E-state index contributed by atoms with van der Waals surface area (Å²) in [5, 5.41) is 0. The van der Waals surface area contributed by atoms with E-state index in [1.54, 1.807) is 12.1 Å². The lowest BCUT2D eigenvalue weighted by Crippen LogP contribution is -2.42. The molecule has 3 heterocycles. The topological polar surface area (TPSA) is 49.3 Å². The van der Waals surface area contributed by atoms with Crippen LogP contribution < -0.4 is 4.90 Å². The van der Waals surface area contributed by atoms with E-state index in [0.717, 1.165) is 47.5 Å². The van der Waals surface area contributed by atoms with Crippen LogP contribution in [-0.2, 0) is 17.6 Å². The molecular weight excluding hydrogens is 403 g/mol. The smallest absolute Gasteiger partial charge is 0.228 e. The summed E-state index contributed by atoms with van der Waals surface area (Å²) in [5.41, 5.74) is 3.15. The van der Waals surface area contributed by atoms with E-state index in [1.165, 1.54) is 50.8 Å². The van der Waals surface area contributed by atoms with Crippen molar-refractivity contribution in [2.75, 3.05) is 24.5 Å². The Morgan fingerprint density at radius 2 is 1.81 bits per heavy atom. The number of halogens is 1. The molecule has 1 aromatic heterocycles. The van der Waals surface area contributed by atoms with Crippen LogP contribution >= 0.6 is 0 Å². The van der Waals surface area contributed by atoms with Crippen molar-refractivity contribution in [2.24, 2.45) is 0 Å². The summed E-state index contributed by atoms with van der Waals surface area (Å²) in [6.07, 6.45) is 9.55. The van der Waals surface area contributed by atoms with Crippen LogP contribution in [0.15, 0.2) is 24.3 Å². The summed E-state index contributed by atoms with van der Waals surface area (Å²) in [4.78, 5) is 27.3. The maximum Gasteiger partial charge on any atom is 0.228 e. The Hall–Kier alpha value is -2.34. The molecule has 5 nitrogen and oxygen atoms in total. The summed E-state index contributed by atoms with van der Waals surface area (Å²) in [5.74, 6) is 1.94. The van der Waals surface area contributed by atoms with Gasteiger partial charge in [0.2, 0.25) is 5.91 Å². The van der Waals surface area contributed by atoms with Gasteiger partial charge in [0, 0.05) is 42.7 Å². The van der Waals surface area contributed by atoms with Gasteiger partial charge in [0.15, 0.2) is 0 Å². The van der Waals surface area contributed by atoms with E-state index in [2.05, 4.69) is 11.8 Å². The molecule has 0 spiro atoms. The summed E-state index contributed by atoms with van der Waals surface area (Å²) in [6, 6.07) is 7.27. The van der Waals surface area contributed by atoms with Gasteiger partial charge in [-0.3, -0.25) is 14.6 Å². The number of fused-ring (bicyclic) bond motifs is 1. The van der Waals surface area contributed by atoms with E-state index in [-0.39, 0.29) is 11.7 Å². The number of hydrogen-bond acceptors (Lipinski definition) is 4. The van der Waals surface area contributed by atoms with Gasteiger partial charge in [-0.2, -0.15) is 0 Å². The molecule has 5 rings (SSSR count). The molecule has 1 saturated carbocycles. The second-order valence-corrected chi connectivity index (χ2v) is 9.66. The highest BCUT2D eigenvalue weighted by atomic mass is 19.1. The van der Waals surface area contributed by atoms with E-state index in [4.69, 9.17) is 9.97 Å². The Morgan fingerprint density at radius 3 is 2.59 bits per heavy atom. The predicted octanol–water partition coefficient (Wildman–Crippen LogP) is 4.57. The molecule has 6 heteroatoms. The first kappa shape index (κ1) is 21.5. The van der Waals surface area contributed by atoms with Crippen LogP contribution in [0, 0.1) is 12.7 Å². The maximum atomic E-state index is 13.2. The minimum absolute atomic E-state index is 0.125. The number of hydrogen-bond donors (Lipinski definition) is 0. The van der Waals surface area contributed by atoms with E-state index < -0.39 is 0 Å². The summed E-state index contributed by atoms with van der Waals surface area (Å²) >= 11 is 0. The van der Waals surface area contributed by atoms with Gasteiger partial charge in [0.25, 0.3) is 0 Å². The second kappa shape index (κ2) is 9.26. The molecule has 1 aliphatic carbocycles. The van der Waals surface area contributed by atoms with Crippen molar-refractivity contribution in [1.82, 2.24) is 14.9 Å². The number of anilines is 1. The number of benzene rings is 1. The molecule has 1 aromatic carbocycles. The quantitative estimate of drug-likeness (QED) is 0.689. The van der Waals surface area contributed by atoms with Crippen LogP contribution in [0.2, 0.25) is 0 Å². The fourth-order valence-corrected chi connectivity index (χ4v) is 5.73. The average molecular weight is 437 g/mol. The van der Waals surface area contributed by atoms with Crippen LogP contribution in [0.25, 0.3) is 0 Å². The van der Waals surface area contributed by atoms with Crippen molar-refractivity contribution in [3.63, 3.8) is 0 Å². The van der Waals surface area contributed by atoms with Crippen LogP contribution in [0.4, 0.5) is 10.2 Å². The predicted molar refractivity (Wildman–Crippen MR) is 123 cm³/mol. The molecule has 2 aromatic rings. The molecule has 1 unspecified atom stereocenters. The van der Waals surface area contributed by atoms with Crippen molar-refractivity contribution in [3.8, 4) is 0 Å². The third-order valence-electron chi connectivity index (χ3n) is 7.55. The SMILES string of the molecule is Cc1nc(C2CCCN(C3CCCC3)C2)nc2c1CCC(=O)N2CCc1ccc(F)cc1. The summed E-state index contributed by atoms with van der Waals surface area (Å²) in [6.45, 7) is 4.85. The molecule has 1 amide bonds. The first-order chi connectivity index (χ1) is 15.6. The molecule has 2 fully saturated rings. The fraction of sp³-hybridized carbons (Fsp3) is 0.577. The number of nitrogens with zero attached hydrogens (tertiary/aromatic N) is 4. The van der Waals surface area contributed by atoms with Crippen molar-refractivity contribution in [2.45, 2.75) is 76.7 Å². The number of aromatic nitrogens is 2. The third-order valence-corrected chi connectivity index (χ3v) is 7.55. The highest BCUT2D eigenvalue weighted by Crippen LogP contribution is 2.34. The number of carbonyl (C=O) groups excluding carboxylic acids is 1. The van der Waals surface area contributed by atoms with Gasteiger partial charge in [-0.25, -0.2) is 14.4 Å². The van der Waals surface area contributed by atoms with Gasteiger partial charge >= 0.3 is 0 Å². The van der Waals surface area contributed by atoms with Gasteiger partial charge in [0.05, 0.1) is 0 Å². The first-order valence-electron chi connectivity index (χ1n) is 12.2. The lowest BCUT2D eigenvalue weighted by Gasteiger charge is -2.37. The average Bonchev–Trinajstić information content (AvgIpc) is 3.35. The minimum Gasteiger partial charge on any atom is -0.300 e. The first-order valence-corrected chi connectivity index (χ1v) is 12.2. The van der Waals surface area contributed by atoms with Gasteiger partial charge < -0.3 is 0 Å². The number of likely N-dealkylation sites (tertiary alicyclic amines) is 1. The molecule has 32 heavy (non-hydrogen) atoms. The van der Waals surface area contributed by atoms with Crippen LogP contribution in [0.3, 0.4) is 0 Å². The van der Waals surface area contributed by atoms with Gasteiger partial charge in [-0.15, -0.1) is 0 Å². The number of piperidine rings is 1. The molecule has 2 aliphatic heterocycles. The highest BCUT2D eigenvalue weighted by molar-refractivity contribution is 5.95. The van der Waals surface area contributed by atoms with Gasteiger partial charge in [-0.1, -0.05) is 25.0 Å². The van der Waals surface area contributed by atoms with Gasteiger partial charge in [0.1, 0.15) is 17.5 Å². The fourth-order valence-electron chi connectivity index (χ4n) is 5.73. The number of amides is 1. The molecular formula is C26H33FN4O. The zero-order valence-electron chi connectivity index (χ0n) is 19.0. The standard InChI is InChI=1S/C26H33FN4O/c1-18-23-12-13-24(32)31(16-14-19-8-10-21(27)11-9-19)26(23)29-25(28-18)20-5-4-15-30(17-20)22-6-2-3-7-22/h8-11,20,22H,2-7,12-17H2,1H3. The molecule has 0 N–H and O–H groups in total. The normalized spacial score (nSPS) is 22.4. The molecule has 3 aliphatic rings. The highest BCUT2D eigenvalue weighted by Gasteiger charge is 2.32. The summed E-state index contributed by atoms with van der Waals surface area (Å²) < 4.78 is 13.2. The number of aryl methyl sites for hydroxylation is 1. The van der Waals surface area contributed by atoms with E-state index in [0.29, 0.717) is 31.7 Å². The van der Waals surface area contributed by atoms with Crippen LogP contribution in [-0.4, -0.2) is 46.5 Å². The monoisotopic (exact) mass is 436 g/mol. The summed E-state index contributed by atoms with van der Waals surface area (Å²) in [7, 11) is 0. The van der Waals surface area contributed by atoms with E-state index in [1.807, 2.05) is 4.90 Å². The van der Waals surface area contributed by atoms with E-state index in [9.17, 15) is 9.18 Å². The van der Waals surface area contributed by atoms with E-state index >= 15 is 0 Å². The largest absolute Gasteiger partial charge is 0.300 e. The van der Waals surface area contributed by atoms with Crippen molar-refractivity contribution >= 4 is 11.7 Å². The van der Waals surface area contributed by atoms with Crippen molar-refractivity contribution in [3.05, 3.63) is 52.7 Å². The molecule has 0 radical (unpaired) electrons. The minimum atomic E-state index is -0.236. The maximum absolute atomic E-state index is 13.2. The van der Waals surface area contributed by atoms with Crippen LogP contribution in [0.1, 0.15) is 73.5 Å². The molecule has 1 atom stereocenters. The zero-order valence-corrected chi connectivity index (χ0v) is 19.0. The molecule has 0 bridgehead atoms. The lowest BCUT2D eigenvalue weighted by atomic mass is 9.94. The Labute approximate surface area is 190 Å². The Morgan fingerprint density at radius 1 is 1.03 bits per heavy atom. The third kappa shape index (κ3) is 4.42. The zero-order chi connectivity index (χ0) is 22.1. The Bertz CT molecular complexity index is 971. The van der Waals surface area contributed by atoms with Crippen molar-refractivity contribution in [1.29, 1.82) is 0 Å². The van der Waals surface area contributed by atoms with Gasteiger partial charge in [-0.05, 0) is 69.7 Å².